The molecule has 2 heterocycles. The molecule has 142 valence electrons. The minimum absolute atomic E-state index is 0.191. The molecule has 0 fully saturated rings. The Labute approximate surface area is 166 Å². The van der Waals surface area contributed by atoms with E-state index in [-0.39, 0.29) is 18.2 Å². The van der Waals surface area contributed by atoms with Gasteiger partial charge in [-0.05, 0) is 36.4 Å². The molecule has 0 atom stereocenters. The number of amides is 1. The smallest absolute Gasteiger partial charge is 0.287 e. The van der Waals surface area contributed by atoms with Crippen molar-refractivity contribution in [3.05, 3.63) is 64.9 Å². The van der Waals surface area contributed by atoms with E-state index in [4.69, 9.17) is 25.5 Å². The van der Waals surface area contributed by atoms with Crippen LogP contribution in [0.4, 0.5) is 0 Å². The molecule has 0 saturated carbocycles. The van der Waals surface area contributed by atoms with Crippen LogP contribution in [0.25, 0.3) is 22.0 Å². The summed E-state index contributed by atoms with van der Waals surface area (Å²) in [5, 5.41) is 5.11. The Hall–Kier alpha value is -3.25. The Morgan fingerprint density at radius 3 is 2.71 bits per heavy atom. The lowest BCUT2D eigenvalue weighted by Gasteiger charge is -2.10. The van der Waals surface area contributed by atoms with Gasteiger partial charge in [0, 0.05) is 34.0 Å². The molecule has 4 aromatic rings. The molecular weight excluding hydrogens is 380 g/mol. The first kappa shape index (κ1) is 18.1. The van der Waals surface area contributed by atoms with E-state index in [1.807, 2.05) is 24.3 Å². The highest BCUT2D eigenvalue weighted by Gasteiger charge is 2.15. The maximum atomic E-state index is 12.5. The lowest BCUT2D eigenvalue weighted by Crippen LogP contribution is -2.22. The number of pyridine rings is 1. The second-order valence-corrected chi connectivity index (χ2v) is 6.63. The minimum Gasteiger partial charge on any atom is -0.497 e. The molecule has 7 heteroatoms. The number of rotatable bonds is 5. The molecule has 1 amide bonds. The van der Waals surface area contributed by atoms with Crippen molar-refractivity contribution in [3.8, 4) is 11.5 Å². The van der Waals surface area contributed by atoms with Gasteiger partial charge in [0.25, 0.3) is 5.91 Å². The maximum absolute atomic E-state index is 12.5. The third kappa shape index (κ3) is 3.46. The molecule has 0 aliphatic heterocycles. The minimum atomic E-state index is -0.335. The SMILES string of the molecule is COc1ccc(CNC(=O)c2cc3cc4ccc(Cl)cc4nc3o2)c(OC)c1. The number of nitrogens with one attached hydrogen (secondary N) is 1. The van der Waals surface area contributed by atoms with E-state index in [1.54, 1.807) is 38.5 Å². The highest BCUT2D eigenvalue weighted by molar-refractivity contribution is 6.31. The number of ether oxygens (including phenoxy) is 2. The zero-order chi connectivity index (χ0) is 19.7. The molecular formula is C21H17ClN2O4. The highest BCUT2D eigenvalue weighted by Crippen LogP contribution is 2.26. The lowest BCUT2D eigenvalue weighted by atomic mass is 10.2. The van der Waals surface area contributed by atoms with Crippen LogP contribution in [0.15, 0.2) is 52.9 Å². The van der Waals surface area contributed by atoms with Crippen molar-refractivity contribution in [1.82, 2.24) is 10.3 Å². The molecule has 2 aromatic carbocycles. The summed E-state index contributed by atoms with van der Waals surface area (Å²) in [6.45, 7) is 0.286. The molecule has 0 spiro atoms. The molecule has 0 aliphatic rings. The van der Waals surface area contributed by atoms with Crippen molar-refractivity contribution in [2.75, 3.05) is 14.2 Å². The Morgan fingerprint density at radius 2 is 1.93 bits per heavy atom. The molecule has 1 N–H and O–H groups in total. The summed E-state index contributed by atoms with van der Waals surface area (Å²) in [6, 6.07) is 14.5. The standard InChI is InChI=1S/C21H17ClN2O4/c1-26-16-6-4-13(18(10-16)27-2)11-23-20(25)19-8-14-7-12-3-5-15(22)9-17(12)24-21(14)28-19/h3-10H,11H2,1-2H3,(H,23,25). The number of nitrogens with zero attached hydrogens (tertiary/aromatic N) is 1. The van der Waals surface area contributed by atoms with Gasteiger partial charge in [0.2, 0.25) is 5.71 Å². The van der Waals surface area contributed by atoms with Crippen LogP contribution < -0.4 is 14.8 Å². The van der Waals surface area contributed by atoms with Crippen LogP contribution in [0, 0.1) is 0 Å². The number of hydrogen-bond acceptors (Lipinski definition) is 5. The first-order valence-electron chi connectivity index (χ1n) is 8.56. The van der Waals surface area contributed by atoms with Crippen LogP contribution in [0.3, 0.4) is 0 Å². The zero-order valence-electron chi connectivity index (χ0n) is 15.3. The van der Waals surface area contributed by atoms with E-state index in [2.05, 4.69) is 10.3 Å². The number of methoxy groups -OCH3 is 2. The molecule has 0 aliphatic carbocycles. The predicted octanol–water partition coefficient (Wildman–Crippen LogP) is 4.58. The van der Waals surface area contributed by atoms with Crippen molar-refractivity contribution < 1.29 is 18.7 Å². The fraction of sp³-hybridized carbons (Fsp3) is 0.143. The summed E-state index contributed by atoms with van der Waals surface area (Å²) in [6.07, 6.45) is 0. The van der Waals surface area contributed by atoms with Crippen LogP contribution in [0.1, 0.15) is 16.1 Å². The van der Waals surface area contributed by atoms with Gasteiger partial charge in [-0.15, -0.1) is 0 Å². The molecule has 0 radical (unpaired) electrons. The zero-order valence-corrected chi connectivity index (χ0v) is 16.0. The van der Waals surface area contributed by atoms with Crippen LogP contribution in [-0.4, -0.2) is 25.1 Å². The molecule has 28 heavy (non-hydrogen) atoms. The van der Waals surface area contributed by atoms with Gasteiger partial charge in [-0.25, -0.2) is 4.98 Å². The van der Waals surface area contributed by atoms with Gasteiger partial charge < -0.3 is 19.2 Å². The van der Waals surface area contributed by atoms with Crippen molar-refractivity contribution >= 4 is 39.5 Å². The van der Waals surface area contributed by atoms with E-state index < -0.39 is 0 Å². The number of fused-ring (bicyclic) bond motifs is 2. The van der Waals surface area contributed by atoms with Gasteiger partial charge in [0.15, 0.2) is 5.76 Å². The summed E-state index contributed by atoms with van der Waals surface area (Å²) < 4.78 is 16.2. The van der Waals surface area contributed by atoms with E-state index in [1.165, 1.54) is 0 Å². The molecule has 0 saturated heterocycles. The summed E-state index contributed by atoms with van der Waals surface area (Å²) in [5.74, 6) is 1.17. The van der Waals surface area contributed by atoms with Crippen LogP contribution in [0.5, 0.6) is 11.5 Å². The number of carbonyl (C=O) groups is 1. The van der Waals surface area contributed by atoms with Gasteiger partial charge in [-0.3, -0.25) is 4.79 Å². The largest absolute Gasteiger partial charge is 0.497 e. The average molecular weight is 397 g/mol. The maximum Gasteiger partial charge on any atom is 0.287 e. The second-order valence-electron chi connectivity index (χ2n) is 6.19. The topological polar surface area (TPSA) is 73.6 Å². The Bertz CT molecular complexity index is 1190. The third-order valence-electron chi connectivity index (χ3n) is 4.42. The van der Waals surface area contributed by atoms with Gasteiger partial charge >= 0.3 is 0 Å². The molecule has 2 aromatic heterocycles. The van der Waals surface area contributed by atoms with E-state index in [0.717, 1.165) is 16.3 Å². The fourth-order valence-corrected chi connectivity index (χ4v) is 3.14. The van der Waals surface area contributed by atoms with E-state index in [9.17, 15) is 4.79 Å². The van der Waals surface area contributed by atoms with Gasteiger partial charge in [0.1, 0.15) is 11.5 Å². The number of benzene rings is 2. The third-order valence-corrected chi connectivity index (χ3v) is 4.66. The molecule has 6 nitrogen and oxygen atoms in total. The number of carbonyl (C=O) groups excluding carboxylic acids is 1. The van der Waals surface area contributed by atoms with E-state index in [0.29, 0.717) is 27.8 Å². The number of hydrogen-bond donors (Lipinski definition) is 1. The quantitative estimate of drug-likeness (QED) is 0.534. The fourth-order valence-electron chi connectivity index (χ4n) is 2.97. The monoisotopic (exact) mass is 396 g/mol. The Morgan fingerprint density at radius 1 is 1.07 bits per heavy atom. The van der Waals surface area contributed by atoms with Crippen LogP contribution >= 0.6 is 11.6 Å². The summed E-state index contributed by atoms with van der Waals surface area (Å²) >= 11 is 6.02. The summed E-state index contributed by atoms with van der Waals surface area (Å²) in [4.78, 5) is 17.0. The summed E-state index contributed by atoms with van der Waals surface area (Å²) in [5.41, 5.74) is 1.93. The lowest BCUT2D eigenvalue weighted by molar-refractivity contribution is 0.0925. The molecule has 0 bridgehead atoms. The first-order valence-corrected chi connectivity index (χ1v) is 8.94. The molecule has 0 unspecified atom stereocenters. The predicted molar refractivity (Wildman–Crippen MR) is 107 cm³/mol. The Balaban J connectivity index is 1.56. The normalized spacial score (nSPS) is 11.0. The van der Waals surface area contributed by atoms with Crippen molar-refractivity contribution in [2.24, 2.45) is 0 Å². The van der Waals surface area contributed by atoms with Crippen LogP contribution in [0.2, 0.25) is 5.02 Å². The van der Waals surface area contributed by atoms with Gasteiger partial charge in [-0.1, -0.05) is 17.7 Å². The molecule has 4 rings (SSSR count). The van der Waals surface area contributed by atoms with Crippen molar-refractivity contribution in [1.29, 1.82) is 0 Å². The second kappa shape index (κ2) is 7.40. The number of halogens is 1. The number of furan rings is 1. The average Bonchev–Trinajstić information content (AvgIpc) is 3.13. The Kier molecular flexibility index (Phi) is 4.79. The van der Waals surface area contributed by atoms with Crippen LogP contribution in [-0.2, 0) is 6.54 Å². The number of aromatic nitrogens is 1. The van der Waals surface area contributed by atoms with Gasteiger partial charge in [0.05, 0.1) is 19.7 Å². The highest BCUT2D eigenvalue weighted by atomic mass is 35.5. The first-order chi connectivity index (χ1) is 13.6. The summed E-state index contributed by atoms with van der Waals surface area (Å²) in [7, 11) is 3.16. The van der Waals surface area contributed by atoms with Crippen molar-refractivity contribution in [2.45, 2.75) is 6.54 Å². The van der Waals surface area contributed by atoms with Gasteiger partial charge in [-0.2, -0.15) is 0 Å². The van der Waals surface area contributed by atoms with E-state index >= 15 is 0 Å². The van der Waals surface area contributed by atoms with Crippen molar-refractivity contribution in [3.63, 3.8) is 0 Å².